The Balaban J connectivity index is 1.89. The fourth-order valence-electron chi connectivity index (χ4n) is 2.09. The van der Waals surface area contributed by atoms with Crippen LogP contribution in [0.15, 0.2) is 18.2 Å². The van der Waals surface area contributed by atoms with Gasteiger partial charge in [-0.3, -0.25) is 4.79 Å². The van der Waals surface area contributed by atoms with Crippen LogP contribution >= 0.6 is 11.6 Å². The maximum absolute atomic E-state index is 13.6. The summed E-state index contributed by atoms with van der Waals surface area (Å²) in [5.41, 5.74) is 0.458. The second-order valence-electron chi connectivity index (χ2n) is 4.78. The van der Waals surface area contributed by atoms with E-state index in [4.69, 9.17) is 16.3 Å². The van der Waals surface area contributed by atoms with E-state index in [0.717, 1.165) is 0 Å². The second-order valence-corrected chi connectivity index (χ2v) is 5.21. The molecule has 0 aromatic heterocycles. The number of nitrogens with zero attached hydrogens (tertiary/aromatic N) is 1. The number of hydrogen-bond acceptors (Lipinski definition) is 3. The molecule has 0 saturated carbocycles. The first kappa shape index (κ1) is 15.2. The van der Waals surface area contributed by atoms with Crippen molar-refractivity contribution in [1.82, 2.24) is 10.2 Å². The van der Waals surface area contributed by atoms with Crippen molar-refractivity contribution >= 4 is 17.5 Å². The zero-order valence-electron chi connectivity index (χ0n) is 11.4. The first-order chi connectivity index (χ1) is 9.58. The molecular weight excluding hydrogens is 283 g/mol. The predicted octanol–water partition coefficient (Wildman–Crippen LogP) is 1.82. The average Bonchev–Trinajstić information content (AvgIpc) is 2.48. The van der Waals surface area contributed by atoms with Gasteiger partial charge in [0.1, 0.15) is 5.82 Å². The van der Waals surface area contributed by atoms with Gasteiger partial charge >= 0.3 is 0 Å². The van der Waals surface area contributed by atoms with Gasteiger partial charge in [0.25, 0.3) is 0 Å². The second kappa shape index (κ2) is 7.02. The van der Waals surface area contributed by atoms with E-state index in [0.29, 0.717) is 36.9 Å². The third-order valence-electron chi connectivity index (χ3n) is 3.30. The molecule has 1 atom stereocenters. The molecule has 1 heterocycles. The van der Waals surface area contributed by atoms with Crippen LogP contribution < -0.4 is 5.32 Å². The van der Waals surface area contributed by atoms with Gasteiger partial charge in [0, 0.05) is 30.2 Å². The lowest BCUT2D eigenvalue weighted by Gasteiger charge is -2.29. The quantitative estimate of drug-likeness (QED) is 0.922. The summed E-state index contributed by atoms with van der Waals surface area (Å²) in [6.07, 6.45) is 0. The van der Waals surface area contributed by atoms with Crippen molar-refractivity contribution in [3.05, 3.63) is 34.6 Å². The summed E-state index contributed by atoms with van der Waals surface area (Å²) >= 11 is 5.83. The van der Waals surface area contributed by atoms with Crippen molar-refractivity contribution in [2.45, 2.75) is 19.5 Å². The van der Waals surface area contributed by atoms with Crippen molar-refractivity contribution in [3.63, 3.8) is 0 Å². The van der Waals surface area contributed by atoms with Gasteiger partial charge in [-0.15, -0.1) is 0 Å². The Hall–Kier alpha value is -1.17. The Bertz CT molecular complexity index is 478. The topological polar surface area (TPSA) is 41.6 Å². The number of nitrogens with one attached hydrogen (secondary N) is 1. The van der Waals surface area contributed by atoms with Gasteiger partial charge in [-0.1, -0.05) is 11.6 Å². The third-order valence-corrected chi connectivity index (χ3v) is 3.53. The smallest absolute Gasteiger partial charge is 0.239 e. The number of carbonyl (C=O) groups excluding carboxylic acids is 1. The summed E-state index contributed by atoms with van der Waals surface area (Å²) in [6, 6.07) is 4.03. The molecule has 1 amide bonds. The molecule has 6 heteroatoms. The van der Waals surface area contributed by atoms with Gasteiger partial charge < -0.3 is 15.0 Å². The maximum Gasteiger partial charge on any atom is 0.239 e. The molecule has 0 aliphatic carbocycles. The van der Waals surface area contributed by atoms with Crippen LogP contribution in [0.5, 0.6) is 0 Å². The zero-order chi connectivity index (χ0) is 14.5. The molecule has 1 fully saturated rings. The molecule has 1 aromatic rings. The van der Waals surface area contributed by atoms with Crippen LogP contribution in [0.3, 0.4) is 0 Å². The summed E-state index contributed by atoms with van der Waals surface area (Å²) in [6.45, 7) is 4.40. The standard InChI is InChI=1S/C14H18ClFN2O2/c1-10(14(19)18-4-6-20-7-5-18)17-9-11-8-12(15)2-3-13(11)16/h2-3,8,10,17H,4-7,9H2,1H3. The number of rotatable bonds is 4. The molecule has 0 bridgehead atoms. The van der Waals surface area contributed by atoms with Crippen LogP contribution in [0.2, 0.25) is 5.02 Å². The lowest BCUT2D eigenvalue weighted by molar-refractivity contribution is -0.137. The van der Waals surface area contributed by atoms with Crippen molar-refractivity contribution in [3.8, 4) is 0 Å². The van der Waals surface area contributed by atoms with Crippen LogP contribution in [0.1, 0.15) is 12.5 Å². The SMILES string of the molecule is CC(NCc1cc(Cl)ccc1F)C(=O)N1CCOCC1. The van der Waals surface area contributed by atoms with Crippen molar-refractivity contribution < 1.29 is 13.9 Å². The molecule has 20 heavy (non-hydrogen) atoms. The summed E-state index contributed by atoms with van der Waals surface area (Å²) in [5, 5.41) is 3.52. The van der Waals surface area contributed by atoms with Gasteiger partial charge in [-0.05, 0) is 25.1 Å². The van der Waals surface area contributed by atoms with Crippen molar-refractivity contribution in [2.75, 3.05) is 26.3 Å². The molecule has 0 spiro atoms. The van der Waals surface area contributed by atoms with Crippen LogP contribution in [-0.2, 0) is 16.1 Å². The van der Waals surface area contributed by atoms with Crippen LogP contribution in [0.4, 0.5) is 4.39 Å². The Kier molecular flexibility index (Phi) is 5.34. The Morgan fingerprint density at radius 1 is 1.50 bits per heavy atom. The molecule has 2 rings (SSSR count). The number of benzene rings is 1. The van der Waals surface area contributed by atoms with Gasteiger partial charge in [-0.25, -0.2) is 4.39 Å². The van der Waals surface area contributed by atoms with Gasteiger partial charge in [0.05, 0.1) is 19.3 Å². The summed E-state index contributed by atoms with van der Waals surface area (Å²) < 4.78 is 18.8. The molecule has 1 aromatic carbocycles. The summed E-state index contributed by atoms with van der Waals surface area (Å²) in [4.78, 5) is 13.9. The lowest BCUT2D eigenvalue weighted by atomic mass is 10.2. The highest BCUT2D eigenvalue weighted by molar-refractivity contribution is 6.30. The maximum atomic E-state index is 13.6. The molecule has 1 saturated heterocycles. The monoisotopic (exact) mass is 300 g/mol. The summed E-state index contributed by atoms with van der Waals surface area (Å²) in [5.74, 6) is -0.316. The third kappa shape index (κ3) is 3.91. The minimum absolute atomic E-state index is 0.00994. The number of amides is 1. The normalized spacial score (nSPS) is 17.1. The van der Waals surface area contributed by atoms with Gasteiger partial charge in [0.2, 0.25) is 5.91 Å². The molecular formula is C14H18ClFN2O2. The molecule has 1 unspecified atom stereocenters. The number of ether oxygens (including phenoxy) is 1. The number of morpholine rings is 1. The highest BCUT2D eigenvalue weighted by atomic mass is 35.5. The first-order valence-corrected chi connectivity index (χ1v) is 6.99. The minimum atomic E-state index is -0.369. The van der Waals surface area contributed by atoms with E-state index >= 15 is 0 Å². The Labute approximate surface area is 122 Å². The van der Waals surface area contributed by atoms with E-state index in [1.807, 2.05) is 0 Å². The Morgan fingerprint density at radius 2 is 2.20 bits per heavy atom. The van der Waals surface area contributed by atoms with E-state index in [1.165, 1.54) is 12.1 Å². The van der Waals surface area contributed by atoms with E-state index in [9.17, 15) is 9.18 Å². The number of carbonyl (C=O) groups is 1. The summed E-state index contributed by atoms with van der Waals surface area (Å²) in [7, 11) is 0. The van der Waals surface area contributed by atoms with Crippen LogP contribution in [0.25, 0.3) is 0 Å². The average molecular weight is 301 g/mol. The van der Waals surface area contributed by atoms with Crippen molar-refractivity contribution in [2.24, 2.45) is 0 Å². The molecule has 4 nitrogen and oxygen atoms in total. The van der Waals surface area contributed by atoms with E-state index in [2.05, 4.69) is 5.32 Å². The van der Waals surface area contributed by atoms with Gasteiger partial charge in [0.15, 0.2) is 0 Å². The van der Waals surface area contributed by atoms with Crippen molar-refractivity contribution in [1.29, 1.82) is 0 Å². The fourth-order valence-corrected chi connectivity index (χ4v) is 2.28. The highest BCUT2D eigenvalue weighted by Gasteiger charge is 2.22. The molecule has 110 valence electrons. The van der Waals surface area contributed by atoms with Crippen LogP contribution in [-0.4, -0.2) is 43.2 Å². The lowest BCUT2D eigenvalue weighted by Crippen LogP contribution is -2.49. The highest BCUT2D eigenvalue weighted by Crippen LogP contribution is 2.15. The number of hydrogen-bond donors (Lipinski definition) is 1. The van der Waals surface area contributed by atoms with Crippen LogP contribution in [0, 0.1) is 5.82 Å². The minimum Gasteiger partial charge on any atom is -0.378 e. The molecule has 1 N–H and O–H groups in total. The Morgan fingerprint density at radius 3 is 2.90 bits per heavy atom. The largest absolute Gasteiger partial charge is 0.378 e. The molecule has 1 aliphatic rings. The zero-order valence-corrected chi connectivity index (χ0v) is 12.1. The fraction of sp³-hybridized carbons (Fsp3) is 0.500. The molecule has 1 aliphatic heterocycles. The first-order valence-electron chi connectivity index (χ1n) is 6.62. The predicted molar refractivity (Wildman–Crippen MR) is 75.1 cm³/mol. The van der Waals surface area contributed by atoms with E-state index in [-0.39, 0.29) is 24.3 Å². The molecule has 0 radical (unpaired) electrons. The number of halogens is 2. The van der Waals surface area contributed by atoms with E-state index in [1.54, 1.807) is 17.9 Å². The van der Waals surface area contributed by atoms with E-state index < -0.39 is 0 Å². The van der Waals surface area contributed by atoms with Gasteiger partial charge in [-0.2, -0.15) is 0 Å².